The molecule has 0 amide bonds. The van der Waals surface area contributed by atoms with Crippen molar-refractivity contribution in [1.82, 2.24) is 10.4 Å². The van der Waals surface area contributed by atoms with E-state index in [1.165, 1.54) is 0 Å². The number of nitrogens with zero attached hydrogens (tertiary/aromatic N) is 1. The molecule has 3 saturated heterocycles. The zero-order chi connectivity index (χ0) is 11.8. The molecule has 92 valence electrons. The standard InChI is InChI=1S/C12H22N2O2/c1-12(2,3)16-11(15)10-8-14-7-5-9(10)4-6-13-14/h9-10,13H,4-8H2,1-3H3. The maximum Gasteiger partial charge on any atom is 0.311 e. The van der Waals surface area contributed by atoms with Crippen molar-refractivity contribution < 1.29 is 9.53 Å². The number of ether oxygens (including phenoxy) is 1. The zero-order valence-corrected chi connectivity index (χ0v) is 10.5. The highest BCUT2D eigenvalue weighted by Crippen LogP contribution is 2.30. The lowest BCUT2D eigenvalue weighted by Gasteiger charge is -2.34. The van der Waals surface area contributed by atoms with Crippen molar-refractivity contribution in [3.63, 3.8) is 0 Å². The van der Waals surface area contributed by atoms with Crippen LogP contribution in [0.3, 0.4) is 0 Å². The van der Waals surface area contributed by atoms with Crippen LogP contribution in [0.5, 0.6) is 0 Å². The number of esters is 1. The SMILES string of the molecule is CC(C)(C)OC(=O)C1CN2CCC1CCN2. The predicted molar refractivity (Wildman–Crippen MR) is 61.6 cm³/mol. The Hall–Kier alpha value is -0.610. The monoisotopic (exact) mass is 226 g/mol. The Balaban J connectivity index is 2.01. The fourth-order valence-electron chi connectivity index (χ4n) is 2.54. The van der Waals surface area contributed by atoms with Gasteiger partial charge in [0.1, 0.15) is 5.60 Å². The fraction of sp³-hybridized carbons (Fsp3) is 0.917. The molecule has 1 N–H and O–H groups in total. The normalized spacial score (nSPS) is 34.6. The third-order valence-corrected chi connectivity index (χ3v) is 3.32. The Labute approximate surface area is 97.3 Å². The quantitative estimate of drug-likeness (QED) is 0.682. The first-order chi connectivity index (χ1) is 7.46. The molecule has 3 aliphatic heterocycles. The Kier molecular flexibility index (Phi) is 3.22. The molecule has 3 rings (SSSR count). The third-order valence-electron chi connectivity index (χ3n) is 3.32. The van der Waals surface area contributed by atoms with E-state index >= 15 is 0 Å². The molecule has 0 aromatic carbocycles. The molecule has 3 fully saturated rings. The topological polar surface area (TPSA) is 41.6 Å². The maximum atomic E-state index is 12.1. The van der Waals surface area contributed by atoms with E-state index in [-0.39, 0.29) is 17.5 Å². The van der Waals surface area contributed by atoms with Crippen LogP contribution in [0.15, 0.2) is 0 Å². The van der Waals surface area contributed by atoms with Gasteiger partial charge in [0.15, 0.2) is 0 Å². The lowest BCUT2D eigenvalue weighted by molar-refractivity contribution is -0.164. The zero-order valence-electron chi connectivity index (χ0n) is 10.5. The molecule has 2 bridgehead atoms. The highest BCUT2D eigenvalue weighted by molar-refractivity contribution is 5.73. The summed E-state index contributed by atoms with van der Waals surface area (Å²) in [4.78, 5) is 12.1. The summed E-state index contributed by atoms with van der Waals surface area (Å²) in [5.41, 5.74) is 2.98. The van der Waals surface area contributed by atoms with E-state index < -0.39 is 0 Å². The molecule has 3 unspecified atom stereocenters. The first-order valence-electron chi connectivity index (χ1n) is 6.17. The minimum atomic E-state index is -0.370. The Bertz CT molecular complexity index is 269. The van der Waals surface area contributed by atoms with Gasteiger partial charge < -0.3 is 4.74 Å². The van der Waals surface area contributed by atoms with E-state index in [1.807, 2.05) is 20.8 Å². The van der Waals surface area contributed by atoms with E-state index in [1.54, 1.807) is 0 Å². The number of fused-ring (bicyclic) bond motifs is 4. The molecule has 16 heavy (non-hydrogen) atoms. The van der Waals surface area contributed by atoms with Crippen LogP contribution >= 0.6 is 0 Å². The summed E-state index contributed by atoms with van der Waals surface area (Å²) >= 11 is 0. The van der Waals surface area contributed by atoms with Gasteiger partial charge in [-0.15, -0.1) is 0 Å². The van der Waals surface area contributed by atoms with Gasteiger partial charge in [0, 0.05) is 19.6 Å². The molecule has 0 spiro atoms. The summed E-state index contributed by atoms with van der Waals surface area (Å²) in [6.07, 6.45) is 2.19. The summed E-state index contributed by atoms with van der Waals surface area (Å²) in [7, 11) is 0. The van der Waals surface area contributed by atoms with Crippen LogP contribution in [-0.2, 0) is 9.53 Å². The van der Waals surface area contributed by atoms with Gasteiger partial charge in [0.2, 0.25) is 0 Å². The van der Waals surface area contributed by atoms with Gasteiger partial charge in [-0.3, -0.25) is 10.2 Å². The van der Waals surface area contributed by atoms with Crippen LogP contribution in [0, 0.1) is 11.8 Å². The molecule has 0 aromatic heterocycles. The smallest absolute Gasteiger partial charge is 0.311 e. The van der Waals surface area contributed by atoms with Crippen molar-refractivity contribution in [2.75, 3.05) is 19.6 Å². The number of nitrogens with one attached hydrogen (secondary N) is 1. The van der Waals surface area contributed by atoms with Gasteiger partial charge in [0.25, 0.3) is 0 Å². The molecule has 3 atom stereocenters. The van der Waals surface area contributed by atoms with Crippen LogP contribution in [0.1, 0.15) is 33.6 Å². The Morgan fingerprint density at radius 2 is 2.12 bits per heavy atom. The molecule has 4 heteroatoms. The molecular weight excluding hydrogens is 204 g/mol. The largest absolute Gasteiger partial charge is 0.460 e. The van der Waals surface area contributed by atoms with Gasteiger partial charge in [-0.25, -0.2) is 5.01 Å². The van der Waals surface area contributed by atoms with Crippen molar-refractivity contribution >= 4 is 5.97 Å². The van der Waals surface area contributed by atoms with Crippen LogP contribution in [-0.4, -0.2) is 36.2 Å². The minimum Gasteiger partial charge on any atom is -0.460 e. The molecular formula is C12H22N2O2. The molecule has 4 nitrogen and oxygen atoms in total. The van der Waals surface area contributed by atoms with E-state index in [2.05, 4.69) is 10.4 Å². The van der Waals surface area contributed by atoms with E-state index in [4.69, 9.17) is 4.74 Å². The van der Waals surface area contributed by atoms with Crippen molar-refractivity contribution in [1.29, 1.82) is 0 Å². The van der Waals surface area contributed by atoms with Gasteiger partial charge >= 0.3 is 5.97 Å². The van der Waals surface area contributed by atoms with Crippen LogP contribution in [0.25, 0.3) is 0 Å². The lowest BCUT2D eigenvalue weighted by Crippen LogP contribution is -2.47. The highest BCUT2D eigenvalue weighted by Gasteiger charge is 2.38. The number of rotatable bonds is 1. The molecule has 0 aliphatic carbocycles. The number of hydrogen-bond acceptors (Lipinski definition) is 4. The molecule has 0 radical (unpaired) electrons. The van der Waals surface area contributed by atoms with Crippen LogP contribution in [0.4, 0.5) is 0 Å². The van der Waals surface area contributed by atoms with E-state index in [0.717, 1.165) is 32.5 Å². The lowest BCUT2D eigenvalue weighted by atomic mass is 9.84. The summed E-state index contributed by atoms with van der Waals surface area (Å²) in [6, 6.07) is 0. The highest BCUT2D eigenvalue weighted by atomic mass is 16.6. The second-order valence-electron chi connectivity index (χ2n) is 5.83. The van der Waals surface area contributed by atoms with E-state index in [0.29, 0.717) is 5.92 Å². The second-order valence-corrected chi connectivity index (χ2v) is 5.83. The molecule has 3 aliphatic rings. The fourth-order valence-corrected chi connectivity index (χ4v) is 2.54. The van der Waals surface area contributed by atoms with Crippen molar-refractivity contribution in [2.24, 2.45) is 11.8 Å². The number of carbonyl (C=O) groups is 1. The van der Waals surface area contributed by atoms with Gasteiger partial charge in [0.05, 0.1) is 5.92 Å². The van der Waals surface area contributed by atoms with Crippen molar-refractivity contribution in [3.05, 3.63) is 0 Å². The van der Waals surface area contributed by atoms with Crippen molar-refractivity contribution in [3.8, 4) is 0 Å². The Morgan fingerprint density at radius 1 is 1.38 bits per heavy atom. The molecule has 0 saturated carbocycles. The van der Waals surface area contributed by atoms with Crippen LogP contribution in [0.2, 0.25) is 0 Å². The predicted octanol–water partition coefficient (Wildman–Crippen LogP) is 1.17. The average Bonchev–Trinajstić information content (AvgIpc) is 2.48. The third kappa shape index (κ3) is 2.74. The molecule has 0 aromatic rings. The first-order valence-corrected chi connectivity index (χ1v) is 6.17. The van der Waals surface area contributed by atoms with Crippen molar-refractivity contribution in [2.45, 2.75) is 39.2 Å². The summed E-state index contributed by atoms with van der Waals surface area (Å²) in [5, 5.41) is 2.16. The summed E-state index contributed by atoms with van der Waals surface area (Å²) in [6.45, 7) is 8.64. The number of carbonyl (C=O) groups excluding carboxylic acids is 1. The maximum absolute atomic E-state index is 12.1. The molecule has 3 heterocycles. The Morgan fingerprint density at radius 3 is 2.81 bits per heavy atom. The summed E-state index contributed by atoms with van der Waals surface area (Å²) in [5.74, 6) is 0.537. The first kappa shape index (κ1) is 11.9. The minimum absolute atomic E-state index is 0.0223. The van der Waals surface area contributed by atoms with Gasteiger partial charge in [-0.1, -0.05) is 0 Å². The number of piperidine rings is 1. The van der Waals surface area contributed by atoms with Gasteiger partial charge in [-0.05, 0) is 39.5 Å². The average molecular weight is 226 g/mol. The van der Waals surface area contributed by atoms with Gasteiger partial charge in [-0.2, -0.15) is 0 Å². The van der Waals surface area contributed by atoms with Crippen LogP contribution < -0.4 is 5.43 Å². The number of hydrogen-bond donors (Lipinski definition) is 1. The van der Waals surface area contributed by atoms with E-state index in [9.17, 15) is 4.79 Å². The second kappa shape index (κ2) is 4.34. The number of hydrazine groups is 1. The summed E-state index contributed by atoms with van der Waals surface area (Å²) < 4.78 is 5.49.